The van der Waals surface area contributed by atoms with Crippen molar-refractivity contribution < 1.29 is 17.6 Å². The van der Waals surface area contributed by atoms with Crippen LogP contribution in [-0.2, 0) is 34.8 Å². The highest BCUT2D eigenvalue weighted by molar-refractivity contribution is 7.89. The van der Waals surface area contributed by atoms with E-state index in [2.05, 4.69) is 9.71 Å². The van der Waals surface area contributed by atoms with Gasteiger partial charge in [0, 0.05) is 37.1 Å². The van der Waals surface area contributed by atoms with Gasteiger partial charge < -0.3 is 9.47 Å². The Labute approximate surface area is 240 Å². The molecule has 2 aliphatic rings. The van der Waals surface area contributed by atoms with Crippen LogP contribution in [0.2, 0.25) is 0 Å². The van der Waals surface area contributed by atoms with Crippen LogP contribution in [0.1, 0.15) is 59.3 Å². The van der Waals surface area contributed by atoms with Gasteiger partial charge in [0.15, 0.2) is 0 Å². The molecule has 4 aromatic rings. The molecule has 0 bridgehead atoms. The van der Waals surface area contributed by atoms with Crippen LogP contribution >= 0.6 is 0 Å². The number of fused-ring (bicyclic) bond motifs is 1. The van der Waals surface area contributed by atoms with Gasteiger partial charge in [-0.1, -0.05) is 30.3 Å². The van der Waals surface area contributed by atoms with Crippen LogP contribution < -0.4 is 9.62 Å². The third-order valence-corrected chi connectivity index (χ3v) is 9.71. The molecule has 0 spiro atoms. The predicted octanol–water partition coefficient (Wildman–Crippen LogP) is 5.56. The first-order valence-corrected chi connectivity index (χ1v) is 15.4. The average Bonchev–Trinajstić information content (AvgIpc) is 3.66. The second-order valence-electron chi connectivity index (χ2n) is 11.1. The number of aryl methyl sites for hydroxylation is 3. The van der Waals surface area contributed by atoms with E-state index in [1.54, 1.807) is 41.4 Å². The van der Waals surface area contributed by atoms with Gasteiger partial charge in [0.1, 0.15) is 11.6 Å². The fourth-order valence-electron chi connectivity index (χ4n) is 5.85. The number of hydrogen-bond donors (Lipinski definition) is 1. The Balaban J connectivity index is 1.31. The highest BCUT2D eigenvalue weighted by Gasteiger charge is 2.46. The Morgan fingerprint density at radius 3 is 2.66 bits per heavy atom. The summed E-state index contributed by atoms with van der Waals surface area (Å²) in [6.45, 7) is 2.16. The maximum atomic E-state index is 14.0. The molecule has 41 heavy (non-hydrogen) atoms. The van der Waals surface area contributed by atoms with Crippen molar-refractivity contribution >= 4 is 21.6 Å². The molecule has 0 unspecified atom stereocenters. The number of hydrogen-bond acceptors (Lipinski definition) is 4. The van der Waals surface area contributed by atoms with E-state index in [1.165, 1.54) is 12.1 Å². The Hall–Kier alpha value is -3.82. The molecule has 0 radical (unpaired) electrons. The molecule has 3 atom stereocenters. The summed E-state index contributed by atoms with van der Waals surface area (Å²) in [5, 5.41) is 0. The molecule has 9 heteroatoms. The predicted molar refractivity (Wildman–Crippen MR) is 155 cm³/mol. The number of halogens is 1. The summed E-state index contributed by atoms with van der Waals surface area (Å²) in [4.78, 5) is 20.5. The highest BCUT2D eigenvalue weighted by atomic mass is 32.2. The van der Waals surface area contributed by atoms with Crippen molar-refractivity contribution in [3.8, 4) is 0 Å². The Morgan fingerprint density at radius 2 is 1.93 bits per heavy atom. The molecule has 1 saturated carbocycles. The minimum Gasteiger partial charge on any atom is -0.337 e. The Kier molecular flexibility index (Phi) is 7.25. The number of carbonyl (C=O) groups excluding carboxylic acids is 1. The summed E-state index contributed by atoms with van der Waals surface area (Å²) >= 11 is 0. The second-order valence-corrected chi connectivity index (χ2v) is 12.9. The van der Waals surface area contributed by atoms with Crippen molar-refractivity contribution in [3.63, 3.8) is 0 Å². The first-order valence-electron chi connectivity index (χ1n) is 13.9. The SMILES string of the molecule is Cc1cccc(S(=O)(=O)N[C@@H]2CCCc3ccc(N(Cc4nccn4C)C(=O)[C@@H]4C[C@@H]4c4ccc(F)cc4)cc32)c1. The van der Waals surface area contributed by atoms with Gasteiger partial charge in [0.2, 0.25) is 15.9 Å². The van der Waals surface area contributed by atoms with Crippen LogP contribution in [0.4, 0.5) is 10.1 Å². The standard InChI is InChI=1S/C32H33FN4O3S/c1-21-5-3-7-26(17-21)41(39,40)35-30-8-4-6-22-11-14-25(18-28(22)30)37(20-31-34-15-16-36(31)2)32(38)29-19-27(29)23-9-12-24(33)13-10-23/h3,5,7,9-18,27,29-30,35H,4,6,8,19-20H2,1-2H3/t27-,29-,30-/m1/s1. The molecule has 7 nitrogen and oxygen atoms in total. The van der Waals surface area contributed by atoms with Crippen molar-refractivity contribution in [3.05, 3.63) is 113 Å². The largest absolute Gasteiger partial charge is 0.337 e. The number of aromatic nitrogens is 2. The van der Waals surface area contributed by atoms with Gasteiger partial charge in [0.05, 0.1) is 11.4 Å². The number of nitrogens with zero attached hydrogens (tertiary/aromatic N) is 3. The molecule has 2 aliphatic carbocycles. The van der Waals surface area contributed by atoms with E-state index in [4.69, 9.17) is 0 Å². The summed E-state index contributed by atoms with van der Waals surface area (Å²) in [5.74, 6) is 0.253. The van der Waals surface area contributed by atoms with Gasteiger partial charge in [-0.05, 0) is 97.2 Å². The lowest BCUT2D eigenvalue weighted by Crippen LogP contribution is -2.34. The lowest BCUT2D eigenvalue weighted by molar-refractivity contribution is -0.120. The van der Waals surface area contributed by atoms with E-state index in [0.717, 1.165) is 40.9 Å². The molecule has 212 valence electrons. The minimum atomic E-state index is -3.74. The van der Waals surface area contributed by atoms with E-state index >= 15 is 0 Å². The number of anilines is 1. The van der Waals surface area contributed by atoms with Gasteiger partial charge in [-0.3, -0.25) is 4.79 Å². The molecular formula is C32H33FN4O3S. The number of benzene rings is 3. The normalized spacial score (nSPS) is 19.9. The molecule has 0 aliphatic heterocycles. The average molecular weight is 573 g/mol. The monoisotopic (exact) mass is 572 g/mol. The summed E-state index contributed by atoms with van der Waals surface area (Å²) in [6, 6.07) is 18.8. The number of carbonyl (C=O) groups is 1. The zero-order chi connectivity index (χ0) is 28.7. The molecule has 1 amide bonds. The van der Waals surface area contributed by atoms with Crippen LogP contribution in [0.5, 0.6) is 0 Å². The van der Waals surface area contributed by atoms with Gasteiger partial charge >= 0.3 is 0 Å². The van der Waals surface area contributed by atoms with Crippen LogP contribution in [0.25, 0.3) is 0 Å². The molecule has 1 fully saturated rings. The summed E-state index contributed by atoms with van der Waals surface area (Å²) < 4.78 is 44.9. The van der Waals surface area contributed by atoms with Crippen molar-refractivity contribution in [1.29, 1.82) is 0 Å². The summed E-state index contributed by atoms with van der Waals surface area (Å²) in [7, 11) is -1.84. The second kappa shape index (κ2) is 10.9. The molecule has 1 aromatic heterocycles. The fourth-order valence-corrected chi connectivity index (χ4v) is 7.20. The molecule has 6 rings (SSSR count). The van der Waals surface area contributed by atoms with Crippen molar-refractivity contribution in [1.82, 2.24) is 14.3 Å². The quantitative estimate of drug-likeness (QED) is 0.300. The molecule has 1 N–H and O–H groups in total. The van der Waals surface area contributed by atoms with Crippen LogP contribution in [0.15, 0.2) is 84.0 Å². The number of rotatable bonds is 8. The smallest absolute Gasteiger partial charge is 0.241 e. The zero-order valence-electron chi connectivity index (χ0n) is 23.1. The van der Waals surface area contributed by atoms with Crippen molar-refractivity contribution in [2.24, 2.45) is 13.0 Å². The number of nitrogens with one attached hydrogen (secondary N) is 1. The van der Waals surface area contributed by atoms with Crippen LogP contribution in [0, 0.1) is 18.7 Å². The lowest BCUT2D eigenvalue weighted by atomic mass is 9.87. The first-order chi connectivity index (χ1) is 19.7. The molecule has 0 saturated heterocycles. The number of sulfonamides is 1. The van der Waals surface area contributed by atoms with E-state index < -0.39 is 16.1 Å². The van der Waals surface area contributed by atoms with E-state index in [-0.39, 0.29) is 35.0 Å². The topological polar surface area (TPSA) is 84.3 Å². The van der Waals surface area contributed by atoms with E-state index in [9.17, 15) is 17.6 Å². The zero-order valence-corrected chi connectivity index (χ0v) is 23.9. The first kappa shape index (κ1) is 27.4. The number of amides is 1. The van der Waals surface area contributed by atoms with Gasteiger partial charge in [-0.15, -0.1) is 0 Å². The third-order valence-electron chi connectivity index (χ3n) is 8.25. The van der Waals surface area contributed by atoms with E-state index in [0.29, 0.717) is 18.5 Å². The highest BCUT2D eigenvalue weighted by Crippen LogP contribution is 2.49. The molecule has 3 aromatic carbocycles. The maximum Gasteiger partial charge on any atom is 0.241 e. The Bertz CT molecular complexity index is 1700. The van der Waals surface area contributed by atoms with Gasteiger partial charge in [-0.25, -0.2) is 22.5 Å². The number of imidazole rings is 1. The Morgan fingerprint density at radius 1 is 1.12 bits per heavy atom. The van der Waals surface area contributed by atoms with Crippen LogP contribution in [-0.4, -0.2) is 23.9 Å². The maximum absolute atomic E-state index is 14.0. The third kappa shape index (κ3) is 5.69. The van der Waals surface area contributed by atoms with Crippen molar-refractivity contribution in [2.45, 2.75) is 56.0 Å². The van der Waals surface area contributed by atoms with Crippen LogP contribution in [0.3, 0.4) is 0 Å². The summed E-state index contributed by atoms with van der Waals surface area (Å²) in [5.41, 5.74) is 4.52. The minimum absolute atomic E-state index is 0.0185. The van der Waals surface area contributed by atoms with Gasteiger partial charge in [0.25, 0.3) is 0 Å². The fraction of sp³-hybridized carbons (Fsp3) is 0.312. The molecule has 1 heterocycles. The van der Waals surface area contributed by atoms with Gasteiger partial charge in [-0.2, -0.15) is 0 Å². The lowest BCUT2D eigenvalue weighted by Gasteiger charge is -2.29. The molecular weight excluding hydrogens is 539 g/mol. The summed E-state index contributed by atoms with van der Waals surface area (Å²) in [6.07, 6.45) is 6.64. The van der Waals surface area contributed by atoms with Crippen molar-refractivity contribution in [2.75, 3.05) is 4.90 Å². The van der Waals surface area contributed by atoms with E-state index in [1.807, 2.05) is 49.0 Å².